The van der Waals surface area contributed by atoms with Crippen molar-refractivity contribution in [3.63, 3.8) is 0 Å². The van der Waals surface area contributed by atoms with Crippen molar-refractivity contribution >= 4 is 46.7 Å². The summed E-state index contributed by atoms with van der Waals surface area (Å²) in [7, 11) is 0. The minimum Gasteiger partial charge on any atom is -0.444 e. The van der Waals surface area contributed by atoms with Crippen molar-refractivity contribution < 1.29 is 23.5 Å². The topological polar surface area (TPSA) is 117 Å². The third-order valence-corrected chi connectivity index (χ3v) is 7.91. The van der Waals surface area contributed by atoms with Gasteiger partial charge in [-0.25, -0.2) is 19.2 Å². The number of carbonyl (C=O) groups excluding carboxylic acids is 3. The van der Waals surface area contributed by atoms with Crippen LogP contribution in [0.15, 0.2) is 89.3 Å². The van der Waals surface area contributed by atoms with Crippen molar-refractivity contribution in [2.24, 2.45) is 0 Å². The van der Waals surface area contributed by atoms with E-state index in [2.05, 4.69) is 20.6 Å². The molecule has 0 aliphatic carbocycles. The molecule has 45 heavy (non-hydrogen) atoms. The number of nitrogens with one attached hydrogen (secondary N) is 2. The van der Waals surface area contributed by atoms with Gasteiger partial charge in [0.05, 0.1) is 23.6 Å². The number of anilines is 3. The molecule has 234 valence electrons. The van der Waals surface area contributed by atoms with Gasteiger partial charge in [-0.3, -0.25) is 9.59 Å². The lowest BCUT2D eigenvalue weighted by Crippen LogP contribution is -2.46. The maximum Gasteiger partial charge on any atom is 0.408 e. The van der Waals surface area contributed by atoms with E-state index in [1.807, 2.05) is 62.9 Å². The van der Waals surface area contributed by atoms with Gasteiger partial charge in [-0.1, -0.05) is 17.8 Å². The third-order valence-electron chi connectivity index (χ3n) is 7.00. The van der Waals surface area contributed by atoms with E-state index in [1.165, 1.54) is 17.8 Å². The Bertz CT molecular complexity index is 1630. The van der Waals surface area contributed by atoms with Gasteiger partial charge in [0.1, 0.15) is 22.2 Å². The number of nitrogens with zero attached hydrogens (tertiary/aromatic N) is 4. The van der Waals surface area contributed by atoms with Crippen LogP contribution >= 0.6 is 11.8 Å². The number of Topliss-reactive ketones (excluding diaryl/α,β-unsaturated/α-hetero) is 1. The minimum absolute atomic E-state index is 0.180. The largest absolute Gasteiger partial charge is 0.444 e. The van der Waals surface area contributed by atoms with Crippen LogP contribution in [0.3, 0.4) is 0 Å². The number of benzene rings is 2. The number of amides is 2. The lowest BCUT2D eigenvalue weighted by atomic mass is 10.0. The number of halogens is 1. The van der Waals surface area contributed by atoms with Crippen LogP contribution in [0.25, 0.3) is 0 Å². The standard InChI is InChI=1S/C33H35FN6O4S/c1-32(2,3)44-31(43)38-33(4)12-16-40(17-13-33)28-20-36-29(21-35-28)45-25-7-5-6-23(19-25)37-30(42)22-8-9-27(26(34)18-22)39-14-10-24(41)11-15-39/h5-9,12-13,16-21H,10-11,14-15H2,1-4H3,(H,37,42)(H,38,43). The minimum atomic E-state index is -0.712. The molecule has 1 saturated heterocycles. The van der Waals surface area contributed by atoms with Crippen molar-refractivity contribution in [1.82, 2.24) is 15.3 Å². The summed E-state index contributed by atoms with van der Waals surface area (Å²) in [5.74, 6) is -0.149. The lowest BCUT2D eigenvalue weighted by Gasteiger charge is -2.30. The Morgan fingerprint density at radius 2 is 1.76 bits per heavy atom. The predicted octanol–water partition coefficient (Wildman–Crippen LogP) is 6.32. The molecule has 2 aromatic carbocycles. The van der Waals surface area contributed by atoms with E-state index in [0.717, 1.165) is 4.90 Å². The first kappa shape index (κ1) is 31.7. The van der Waals surface area contributed by atoms with Gasteiger partial charge in [0.25, 0.3) is 5.91 Å². The van der Waals surface area contributed by atoms with E-state index in [0.29, 0.717) is 48.1 Å². The van der Waals surface area contributed by atoms with Gasteiger partial charge in [-0.15, -0.1) is 0 Å². The number of ketones is 1. The SMILES string of the molecule is CC1(NC(=O)OC(C)(C)C)C=CN(c2cnc(Sc3cccc(NC(=O)c4ccc(N5CCC(=O)CC5)c(F)c4)c3)cn2)C=C1. The summed E-state index contributed by atoms with van der Waals surface area (Å²) in [6.45, 7) is 8.24. The maximum absolute atomic E-state index is 14.9. The molecule has 12 heteroatoms. The second-order valence-electron chi connectivity index (χ2n) is 11.9. The molecule has 0 spiro atoms. The fourth-order valence-electron chi connectivity index (χ4n) is 4.69. The lowest BCUT2D eigenvalue weighted by molar-refractivity contribution is -0.119. The summed E-state index contributed by atoms with van der Waals surface area (Å²) < 4.78 is 20.2. The molecule has 1 fully saturated rings. The number of rotatable bonds is 7. The molecule has 3 heterocycles. The highest BCUT2D eigenvalue weighted by atomic mass is 32.2. The summed E-state index contributed by atoms with van der Waals surface area (Å²) in [4.78, 5) is 50.1. The average Bonchev–Trinajstić information content (AvgIpc) is 2.97. The number of carbonyl (C=O) groups is 3. The number of alkyl carbamates (subject to hydrolysis) is 1. The van der Waals surface area contributed by atoms with Crippen molar-refractivity contribution in [2.45, 2.75) is 61.6 Å². The van der Waals surface area contributed by atoms with Gasteiger partial charge in [-0.05, 0) is 76.2 Å². The Labute approximate surface area is 265 Å². The zero-order valence-electron chi connectivity index (χ0n) is 25.5. The Balaban J connectivity index is 1.17. The van der Waals surface area contributed by atoms with Crippen molar-refractivity contribution in [3.05, 3.63) is 90.8 Å². The molecule has 10 nitrogen and oxygen atoms in total. The van der Waals surface area contributed by atoms with Crippen LogP contribution in [0.4, 0.5) is 26.4 Å². The Hall–Kier alpha value is -4.71. The van der Waals surface area contributed by atoms with Crippen molar-refractivity contribution in [2.75, 3.05) is 28.2 Å². The van der Waals surface area contributed by atoms with Gasteiger partial charge in [0, 0.05) is 54.5 Å². The van der Waals surface area contributed by atoms with Gasteiger partial charge in [-0.2, -0.15) is 0 Å². The molecule has 2 aliphatic heterocycles. The average molecular weight is 631 g/mol. The predicted molar refractivity (Wildman–Crippen MR) is 172 cm³/mol. The zero-order valence-corrected chi connectivity index (χ0v) is 26.4. The Kier molecular flexibility index (Phi) is 9.24. The molecule has 2 aliphatic rings. The molecular weight excluding hydrogens is 595 g/mol. The molecule has 5 rings (SSSR count). The summed E-state index contributed by atoms with van der Waals surface area (Å²) in [5, 5.41) is 6.33. The number of piperidine rings is 1. The first-order valence-electron chi connectivity index (χ1n) is 14.5. The Morgan fingerprint density at radius 1 is 1.02 bits per heavy atom. The normalized spacial score (nSPS) is 16.0. The van der Waals surface area contributed by atoms with E-state index in [-0.39, 0.29) is 11.3 Å². The van der Waals surface area contributed by atoms with Gasteiger partial charge in [0.15, 0.2) is 5.82 Å². The first-order chi connectivity index (χ1) is 21.4. The van der Waals surface area contributed by atoms with E-state index < -0.39 is 29.0 Å². The van der Waals surface area contributed by atoms with Gasteiger partial charge >= 0.3 is 6.09 Å². The fourth-order valence-corrected chi connectivity index (χ4v) is 5.48. The van der Waals surface area contributed by atoms with Crippen LogP contribution in [0, 0.1) is 5.82 Å². The van der Waals surface area contributed by atoms with Crippen molar-refractivity contribution in [1.29, 1.82) is 0 Å². The maximum atomic E-state index is 14.9. The molecule has 2 amide bonds. The third kappa shape index (κ3) is 8.48. The zero-order chi connectivity index (χ0) is 32.2. The molecule has 0 unspecified atom stereocenters. The molecule has 0 bridgehead atoms. The highest BCUT2D eigenvalue weighted by Gasteiger charge is 2.27. The smallest absolute Gasteiger partial charge is 0.408 e. The van der Waals surface area contributed by atoms with E-state index in [1.54, 1.807) is 47.9 Å². The van der Waals surface area contributed by atoms with Gasteiger partial charge in [0.2, 0.25) is 0 Å². The van der Waals surface area contributed by atoms with Gasteiger partial charge < -0.3 is 25.2 Å². The summed E-state index contributed by atoms with van der Waals surface area (Å²) in [6.07, 6.45) is 10.9. The van der Waals surface area contributed by atoms with Crippen molar-refractivity contribution in [3.8, 4) is 0 Å². The number of hydrogen-bond donors (Lipinski definition) is 2. The first-order valence-corrected chi connectivity index (χ1v) is 15.3. The summed E-state index contributed by atoms with van der Waals surface area (Å²) >= 11 is 1.38. The monoisotopic (exact) mass is 630 g/mol. The molecule has 3 aromatic rings. The number of ether oxygens (including phenoxy) is 1. The van der Waals surface area contributed by atoms with Crippen LogP contribution in [0.2, 0.25) is 0 Å². The second kappa shape index (κ2) is 13.1. The van der Waals surface area contributed by atoms with Crippen LogP contribution in [0.1, 0.15) is 50.9 Å². The molecule has 0 saturated carbocycles. The van der Waals surface area contributed by atoms with Crippen LogP contribution < -0.4 is 20.4 Å². The van der Waals surface area contributed by atoms with E-state index in [9.17, 15) is 18.8 Å². The highest BCUT2D eigenvalue weighted by Crippen LogP contribution is 2.30. The number of aromatic nitrogens is 2. The highest BCUT2D eigenvalue weighted by molar-refractivity contribution is 7.99. The van der Waals surface area contributed by atoms with Crippen LogP contribution in [-0.2, 0) is 9.53 Å². The van der Waals surface area contributed by atoms with E-state index >= 15 is 0 Å². The molecule has 0 radical (unpaired) electrons. The summed E-state index contributed by atoms with van der Waals surface area (Å²) in [5.41, 5.74) is -0.155. The van der Waals surface area contributed by atoms with Crippen LogP contribution in [-0.4, -0.2) is 52.0 Å². The summed E-state index contributed by atoms with van der Waals surface area (Å²) in [6, 6.07) is 11.7. The Morgan fingerprint density at radius 3 is 2.40 bits per heavy atom. The van der Waals surface area contributed by atoms with Crippen LogP contribution in [0.5, 0.6) is 0 Å². The van der Waals surface area contributed by atoms with E-state index in [4.69, 9.17) is 4.74 Å². The molecule has 2 N–H and O–H groups in total. The molecule has 1 aromatic heterocycles. The number of hydrogen-bond acceptors (Lipinski definition) is 9. The molecular formula is C33H35FN6O4S. The molecule has 0 atom stereocenters. The fraction of sp³-hybridized carbons (Fsp3) is 0.303. The quantitative estimate of drug-likeness (QED) is 0.309. The second-order valence-corrected chi connectivity index (χ2v) is 13.0.